The minimum Gasteiger partial charge on any atom is -0.391 e. The molecule has 3 atom stereocenters. The Morgan fingerprint density at radius 2 is 2.11 bits per heavy atom. The first-order chi connectivity index (χ1) is 9.13. The number of aryl methyl sites for hydroxylation is 1. The molecule has 0 spiro atoms. The van der Waals surface area contributed by atoms with Gasteiger partial charge in [-0.3, -0.25) is 4.90 Å². The van der Waals surface area contributed by atoms with Crippen LogP contribution < -0.4 is 5.73 Å². The Balaban J connectivity index is 2.16. The van der Waals surface area contributed by atoms with Crippen LogP contribution in [0.1, 0.15) is 42.9 Å². The summed E-state index contributed by atoms with van der Waals surface area (Å²) in [5.74, 6) is 0. The number of aliphatic hydroxyl groups excluding tert-OH is 1. The lowest BCUT2D eigenvalue weighted by Crippen LogP contribution is -2.46. The predicted octanol–water partition coefficient (Wildman–Crippen LogP) is 2.23. The van der Waals surface area contributed by atoms with Gasteiger partial charge in [-0.15, -0.1) is 0 Å². The van der Waals surface area contributed by atoms with Crippen molar-refractivity contribution in [1.82, 2.24) is 4.90 Å². The Morgan fingerprint density at radius 1 is 1.37 bits per heavy atom. The second kappa shape index (κ2) is 6.51. The minimum absolute atomic E-state index is 0.192. The van der Waals surface area contributed by atoms with Gasteiger partial charge >= 0.3 is 0 Å². The van der Waals surface area contributed by atoms with Crippen molar-refractivity contribution >= 4 is 0 Å². The summed E-state index contributed by atoms with van der Waals surface area (Å²) in [6, 6.07) is 8.95. The highest BCUT2D eigenvalue weighted by Crippen LogP contribution is 2.29. The van der Waals surface area contributed by atoms with Crippen LogP contribution in [0.15, 0.2) is 24.3 Å². The van der Waals surface area contributed by atoms with Crippen molar-refractivity contribution in [2.45, 2.75) is 50.8 Å². The number of hydrogen-bond acceptors (Lipinski definition) is 3. The molecule has 0 heterocycles. The van der Waals surface area contributed by atoms with Gasteiger partial charge in [-0.1, -0.05) is 42.7 Å². The Morgan fingerprint density at radius 3 is 2.74 bits per heavy atom. The van der Waals surface area contributed by atoms with E-state index in [1.807, 2.05) is 0 Å². The number of aliphatic hydroxyl groups is 1. The van der Waals surface area contributed by atoms with Gasteiger partial charge in [0, 0.05) is 18.6 Å². The van der Waals surface area contributed by atoms with Crippen LogP contribution in [0.5, 0.6) is 0 Å². The van der Waals surface area contributed by atoms with Crippen LogP contribution in [-0.4, -0.2) is 35.7 Å². The topological polar surface area (TPSA) is 49.5 Å². The van der Waals surface area contributed by atoms with Gasteiger partial charge in [0.15, 0.2) is 0 Å². The minimum atomic E-state index is -0.211. The fraction of sp³-hybridized carbons (Fsp3) is 0.625. The molecule has 1 fully saturated rings. The Labute approximate surface area is 116 Å². The van der Waals surface area contributed by atoms with E-state index < -0.39 is 0 Å². The third-order valence-corrected chi connectivity index (χ3v) is 4.36. The van der Waals surface area contributed by atoms with Crippen molar-refractivity contribution in [3.05, 3.63) is 35.4 Å². The van der Waals surface area contributed by atoms with E-state index in [9.17, 15) is 5.11 Å². The highest BCUT2D eigenvalue weighted by atomic mass is 16.3. The third-order valence-electron chi connectivity index (χ3n) is 4.36. The molecule has 1 aromatic rings. The molecule has 0 radical (unpaired) electrons. The van der Waals surface area contributed by atoms with E-state index in [-0.39, 0.29) is 18.2 Å². The molecular weight excluding hydrogens is 236 g/mol. The first kappa shape index (κ1) is 14.5. The molecule has 0 saturated heterocycles. The molecule has 3 unspecified atom stereocenters. The average Bonchev–Trinajstić information content (AvgIpc) is 2.40. The van der Waals surface area contributed by atoms with E-state index in [2.05, 4.69) is 43.1 Å². The van der Waals surface area contributed by atoms with Crippen LogP contribution in [0.2, 0.25) is 0 Å². The summed E-state index contributed by atoms with van der Waals surface area (Å²) in [4.78, 5) is 2.28. The zero-order valence-electron chi connectivity index (χ0n) is 12.0. The van der Waals surface area contributed by atoms with Crippen molar-refractivity contribution in [2.24, 2.45) is 5.73 Å². The number of hydrogen-bond donors (Lipinski definition) is 2. The molecule has 3 nitrogen and oxygen atoms in total. The van der Waals surface area contributed by atoms with Crippen LogP contribution in [0.3, 0.4) is 0 Å². The molecule has 1 aromatic carbocycles. The molecule has 0 aromatic heterocycles. The molecule has 1 saturated carbocycles. The summed E-state index contributed by atoms with van der Waals surface area (Å²) in [6.07, 6.45) is 4.12. The lowest BCUT2D eigenvalue weighted by Gasteiger charge is -2.39. The molecule has 3 N–H and O–H groups in total. The van der Waals surface area contributed by atoms with Gasteiger partial charge in [0.25, 0.3) is 0 Å². The first-order valence-corrected chi connectivity index (χ1v) is 7.30. The maximum absolute atomic E-state index is 10.2. The molecule has 2 rings (SSSR count). The maximum Gasteiger partial charge on any atom is 0.0695 e. The van der Waals surface area contributed by atoms with E-state index in [4.69, 9.17) is 5.73 Å². The fourth-order valence-electron chi connectivity index (χ4n) is 3.21. The van der Waals surface area contributed by atoms with E-state index in [1.165, 1.54) is 17.5 Å². The number of nitrogens with zero attached hydrogens (tertiary/aromatic N) is 1. The summed E-state index contributed by atoms with van der Waals surface area (Å²) < 4.78 is 0. The largest absolute Gasteiger partial charge is 0.391 e. The third kappa shape index (κ3) is 3.35. The van der Waals surface area contributed by atoms with E-state index in [0.717, 1.165) is 19.3 Å². The Bertz CT molecular complexity index is 407. The number of benzene rings is 1. The number of nitrogens with two attached hydrogens (primary N) is 1. The second-order valence-electron chi connectivity index (χ2n) is 5.75. The van der Waals surface area contributed by atoms with Gasteiger partial charge in [-0.05, 0) is 32.4 Å². The standard InChI is InChI=1S/C16H26N2O/c1-12-6-5-7-13(10-12)15(11-17)18(2)14-8-3-4-9-16(14)19/h5-7,10,14-16,19H,3-4,8-9,11,17H2,1-2H3. The smallest absolute Gasteiger partial charge is 0.0695 e. The molecular formula is C16H26N2O. The van der Waals surface area contributed by atoms with Crippen molar-refractivity contribution in [3.8, 4) is 0 Å². The highest BCUT2D eigenvalue weighted by molar-refractivity contribution is 5.25. The van der Waals surface area contributed by atoms with Crippen LogP contribution in [0.25, 0.3) is 0 Å². The highest BCUT2D eigenvalue weighted by Gasteiger charge is 2.30. The SMILES string of the molecule is Cc1cccc(C(CN)N(C)C2CCCCC2O)c1. The van der Waals surface area contributed by atoms with E-state index in [0.29, 0.717) is 6.54 Å². The molecule has 3 heteroatoms. The summed E-state index contributed by atoms with van der Waals surface area (Å²) in [7, 11) is 2.10. The molecule has 106 valence electrons. The zero-order chi connectivity index (χ0) is 13.8. The fourth-order valence-corrected chi connectivity index (χ4v) is 3.21. The predicted molar refractivity (Wildman–Crippen MR) is 79.0 cm³/mol. The molecule has 0 aliphatic heterocycles. The van der Waals surface area contributed by atoms with Crippen molar-refractivity contribution in [3.63, 3.8) is 0 Å². The van der Waals surface area contributed by atoms with Crippen molar-refractivity contribution in [1.29, 1.82) is 0 Å². The molecule has 1 aliphatic rings. The van der Waals surface area contributed by atoms with Crippen LogP contribution in [0.4, 0.5) is 0 Å². The van der Waals surface area contributed by atoms with Crippen LogP contribution in [-0.2, 0) is 0 Å². The summed E-state index contributed by atoms with van der Waals surface area (Å²) in [5.41, 5.74) is 8.50. The van der Waals surface area contributed by atoms with Gasteiger partial charge < -0.3 is 10.8 Å². The zero-order valence-corrected chi connectivity index (χ0v) is 12.0. The van der Waals surface area contributed by atoms with Gasteiger partial charge in [0.1, 0.15) is 0 Å². The monoisotopic (exact) mass is 262 g/mol. The Kier molecular flexibility index (Phi) is 4.97. The van der Waals surface area contributed by atoms with Crippen molar-refractivity contribution in [2.75, 3.05) is 13.6 Å². The molecule has 1 aliphatic carbocycles. The lowest BCUT2D eigenvalue weighted by atomic mass is 9.90. The van der Waals surface area contributed by atoms with Gasteiger partial charge in [-0.2, -0.15) is 0 Å². The normalized spacial score (nSPS) is 25.5. The van der Waals surface area contributed by atoms with Gasteiger partial charge in [-0.25, -0.2) is 0 Å². The Hall–Kier alpha value is -0.900. The van der Waals surface area contributed by atoms with Crippen LogP contribution in [0, 0.1) is 6.92 Å². The van der Waals surface area contributed by atoms with Crippen LogP contribution >= 0.6 is 0 Å². The number of likely N-dealkylation sites (N-methyl/N-ethyl adjacent to an activating group) is 1. The van der Waals surface area contributed by atoms with Gasteiger partial charge in [0.2, 0.25) is 0 Å². The maximum atomic E-state index is 10.2. The van der Waals surface area contributed by atoms with Gasteiger partial charge in [0.05, 0.1) is 6.10 Å². The molecule has 0 amide bonds. The number of rotatable bonds is 4. The van der Waals surface area contributed by atoms with E-state index in [1.54, 1.807) is 0 Å². The second-order valence-corrected chi connectivity index (χ2v) is 5.75. The summed E-state index contributed by atoms with van der Waals surface area (Å²) >= 11 is 0. The van der Waals surface area contributed by atoms with E-state index >= 15 is 0 Å². The lowest BCUT2D eigenvalue weighted by molar-refractivity contribution is 0.0137. The first-order valence-electron chi connectivity index (χ1n) is 7.30. The average molecular weight is 262 g/mol. The molecule has 19 heavy (non-hydrogen) atoms. The summed E-state index contributed by atoms with van der Waals surface area (Å²) in [5, 5.41) is 10.2. The quantitative estimate of drug-likeness (QED) is 0.875. The molecule has 0 bridgehead atoms. The summed E-state index contributed by atoms with van der Waals surface area (Å²) in [6.45, 7) is 2.69. The van der Waals surface area contributed by atoms with Crippen molar-refractivity contribution < 1.29 is 5.11 Å².